The molecule has 1 fully saturated rings. The lowest BCUT2D eigenvalue weighted by Crippen LogP contribution is -2.49. The normalized spacial score (nSPS) is 16.1. The number of aliphatic hydroxyl groups excluding tert-OH is 1. The van der Waals surface area contributed by atoms with Gasteiger partial charge in [-0.05, 0) is 36.2 Å². The average Bonchev–Trinajstić information content (AvgIpc) is 2.83. The van der Waals surface area contributed by atoms with Crippen LogP contribution in [0.25, 0.3) is 0 Å². The Kier molecular flexibility index (Phi) is 6.91. The van der Waals surface area contributed by atoms with Gasteiger partial charge in [-0.25, -0.2) is 0 Å². The Bertz CT molecular complexity index is 994. The summed E-state index contributed by atoms with van der Waals surface area (Å²) >= 11 is 0. The molecule has 1 aliphatic heterocycles. The second kappa shape index (κ2) is 9.85. The first-order chi connectivity index (χ1) is 15.8. The first kappa shape index (κ1) is 23.1. The number of alkyl halides is 3. The molecule has 1 unspecified atom stereocenters. The fourth-order valence-corrected chi connectivity index (χ4v) is 4.25. The van der Waals surface area contributed by atoms with Gasteiger partial charge in [-0.2, -0.15) is 13.2 Å². The minimum absolute atomic E-state index is 0.0515. The van der Waals surface area contributed by atoms with Crippen molar-refractivity contribution < 1.29 is 18.3 Å². The predicted octanol–water partition coefficient (Wildman–Crippen LogP) is 5.37. The average molecular weight is 456 g/mol. The minimum atomic E-state index is -4.48. The zero-order valence-electron chi connectivity index (χ0n) is 18.5. The van der Waals surface area contributed by atoms with Crippen molar-refractivity contribution in [3.05, 3.63) is 95.6 Å². The van der Waals surface area contributed by atoms with Crippen LogP contribution in [-0.4, -0.2) is 42.4 Å². The fraction of sp³-hybridized carbons (Fsp3) is 0.308. The van der Waals surface area contributed by atoms with Crippen molar-refractivity contribution >= 4 is 11.4 Å². The van der Waals surface area contributed by atoms with E-state index in [-0.39, 0.29) is 5.69 Å². The van der Waals surface area contributed by atoms with Crippen molar-refractivity contribution in [2.45, 2.75) is 25.4 Å². The Balaban J connectivity index is 1.69. The van der Waals surface area contributed by atoms with Crippen LogP contribution in [0.2, 0.25) is 0 Å². The van der Waals surface area contributed by atoms with Gasteiger partial charge in [-0.1, -0.05) is 60.7 Å². The van der Waals surface area contributed by atoms with E-state index in [4.69, 9.17) is 0 Å². The van der Waals surface area contributed by atoms with Gasteiger partial charge in [0.15, 0.2) is 0 Å². The largest absolute Gasteiger partial charge is 0.418 e. The van der Waals surface area contributed by atoms with Crippen molar-refractivity contribution in [2.75, 3.05) is 36.4 Å². The molecular formula is C26H28F3N3O. The third kappa shape index (κ3) is 5.49. The van der Waals surface area contributed by atoms with Crippen LogP contribution in [0.15, 0.2) is 78.9 Å². The maximum atomic E-state index is 13.9. The summed E-state index contributed by atoms with van der Waals surface area (Å²) in [5.41, 5.74) is 1.86. The van der Waals surface area contributed by atoms with Gasteiger partial charge in [0.1, 0.15) is 6.23 Å². The molecule has 0 spiro atoms. The van der Waals surface area contributed by atoms with E-state index in [1.807, 2.05) is 65.6 Å². The zero-order valence-corrected chi connectivity index (χ0v) is 18.5. The number of aliphatic hydroxyl groups is 1. The van der Waals surface area contributed by atoms with Gasteiger partial charge in [0.25, 0.3) is 0 Å². The Morgan fingerprint density at radius 2 is 1.36 bits per heavy atom. The molecule has 7 heteroatoms. The van der Waals surface area contributed by atoms with E-state index in [0.29, 0.717) is 26.2 Å². The smallest absolute Gasteiger partial charge is 0.379 e. The van der Waals surface area contributed by atoms with Crippen molar-refractivity contribution in [2.24, 2.45) is 0 Å². The molecule has 1 heterocycles. The number of hydrogen-bond donors (Lipinski definition) is 2. The molecule has 4 nitrogen and oxygen atoms in total. The Morgan fingerprint density at radius 1 is 0.818 bits per heavy atom. The topological polar surface area (TPSA) is 38.7 Å². The summed E-state index contributed by atoms with van der Waals surface area (Å²) in [6.07, 6.45) is -5.02. The van der Waals surface area contributed by atoms with Crippen LogP contribution in [0.4, 0.5) is 24.5 Å². The van der Waals surface area contributed by atoms with Crippen LogP contribution in [0, 0.1) is 0 Å². The van der Waals surface area contributed by atoms with Gasteiger partial charge in [-0.3, -0.25) is 4.90 Å². The Labute approximate surface area is 192 Å². The highest BCUT2D eigenvalue weighted by atomic mass is 19.4. The molecule has 1 atom stereocenters. The van der Waals surface area contributed by atoms with Gasteiger partial charge >= 0.3 is 6.18 Å². The van der Waals surface area contributed by atoms with E-state index in [9.17, 15) is 18.3 Å². The van der Waals surface area contributed by atoms with E-state index in [1.165, 1.54) is 6.07 Å². The number of rotatable bonds is 6. The maximum absolute atomic E-state index is 13.9. The molecule has 0 bridgehead atoms. The number of nitrogens with one attached hydrogen (secondary N) is 1. The fourth-order valence-electron chi connectivity index (χ4n) is 4.25. The van der Waals surface area contributed by atoms with Crippen LogP contribution in [0.3, 0.4) is 0 Å². The molecular weight excluding hydrogens is 427 g/mol. The quantitative estimate of drug-likeness (QED) is 0.524. The van der Waals surface area contributed by atoms with Gasteiger partial charge in [0.05, 0.1) is 11.6 Å². The van der Waals surface area contributed by atoms with E-state index >= 15 is 0 Å². The summed E-state index contributed by atoms with van der Waals surface area (Å²) in [6, 6.07) is 22.8. The van der Waals surface area contributed by atoms with Crippen LogP contribution < -0.4 is 10.2 Å². The van der Waals surface area contributed by atoms with Crippen molar-refractivity contribution in [3.63, 3.8) is 0 Å². The molecule has 174 valence electrons. The molecule has 2 N–H and O–H groups in total. The molecule has 0 amide bonds. The number of nitrogens with zero attached hydrogens (tertiary/aromatic N) is 2. The third-order valence-corrected chi connectivity index (χ3v) is 6.08. The highest BCUT2D eigenvalue weighted by Gasteiger charge is 2.35. The molecule has 1 saturated heterocycles. The Morgan fingerprint density at radius 3 is 1.85 bits per heavy atom. The minimum Gasteiger partial charge on any atom is -0.379 e. The van der Waals surface area contributed by atoms with Crippen LogP contribution in [0.1, 0.15) is 29.7 Å². The lowest BCUT2D eigenvalue weighted by Gasteiger charge is -2.37. The number of anilines is 2. The van der Waals surface area contributed by atoms with Gasteiger partial charge < -0.3 is 15.3 Å². The predicted molar refractivity (Wildman–Crippen MR) is 125 cm³/mol. The first-order valence-corrected chi connectivity index (χ1v) is 11.1. The molecule has 0 aliphatic carbocycles. The van der Waals surface area contributed by atoms with Crippen molar-refractivity contribution in [1.29, 1.82) is 0 Å². The van der Waals surface area contributed by atoms with E-state index < -0.39 is 24.0 Å². The second-order valence-electron chi connectivity index (χ2n) is 8.28. The monoisotopic (exact) mass is 455 g/mol. The second-order valence-corrected chi connectivity index (χ2v) is 8.28. The molecule has 1 aliphatic rings. The van der Waals surface area contributed by atoms with Gasteiger partial charge in [0.2, 0.25) is 0 Å². The molecule has 3 aromatic rings. The van der Waals surface area contributed by atoms with Crippen LogP contribution in [0.5, 0.6) is 0 Å². The summed E-state index contributed by atoms with van der Waals surface area (Å²) in [5, 5.41) is 13.0. The summed E-state index contributed by atoms with van der Waals surface area (Å²) in [7, 11) is 0. The van der Waals surface area contributed by atoms with E-state index in [1.54, 1.807) is 13.0 Å². The summed E-state index contributed by atoms with van der Waals surface area (Å²) < 4.78 is 41.8. The molecule has 33 heavy (non-hydrogen) atoms. The first-order valence-electron chi connectivity index (χ1n) is 11.1. The van der Waals surface area contributed by atoms with Crippen LogP contribution in [-0.2, 0) is 6.18 Å². The molecule has 0 saturated carbocycles. The lowest BCUT2D eigenvalue weighted by atomic mass is 9.97. The standard InChI is InChI=1S/C26H28F3N3O/c1-19(33)31-14-16-32(17-15-31)22-12-13-23(26(27,28)29)24(18-22)30-25(20-8-4-2-5-9-20)21-10-6-3-7-11-21/h2-13,18-19,25,30,33H,14-17H2,1H3. The van der Waals surface area contributed by atoms with Gasteiger partial charge in [-0.15, -0.1) is 0 Å². The number of benzene rings is 3. The Hall–Kier alpha value is -3.03. The maximum Gasteiger partial charge on any atom is 0.418 e. The SMILES string of the molecule is CC(O)N1CCN(c2ccc(C(F)(F)F)c(NC(c3ccccc3)c3ccccc3)c2)CC1. The number of piperazine rings is 1. The van der Waals surface area contributed by atoms with Gasteiger partial charge in [0, 0.05) is 37.6 Å². The van der Waals surface area contributed by atoms with E-state index in [0.717, 1.165) is 22.9 Å². The highest BCUT2D eigenvalue weighted by Crippen LogP contribution is 2.39. The summed E-state index contributed by atoms with van der Waals surface area (Å²) in [6.45, 7) is 4.30. The highest BCUT2D eigenvalue weighted by molar-refractivity contribution is 5.65. The molecule has 4 rings (SSSR count). The van der Waals surface area contributed by atoms with Crippen LogP contribution >= 0.6 is 0 Å². The zero-order chi connectivity index (χ0) is 23.4. The molecule has 3 aromatic carbocycles. The molecule has 0 radical (unpaired) electrons. The third-order valence-electron chi connectivity index (χ3n) is 6.08. The molecule has 0 aromatic heterocycles. The number of hydrogen-bond acceptors (Lipinski definition) is 4. The van der Waals surface area contributed by atoms with E-state index in [2.05, 4.69) is 10.2 Å². The van der Waals surface area contributed by atoms with Crippen molar-refractivity contribution in [3.8, 4) is 0 Å². The summed E-state index contributed by atoms with van der Waals surface area (Å²) in [4.78, 5) is 4.00. The van der Waals surface area contributed by atoms with Crippen molar-refractivity contribution in [1.82, 2.24) is 4.90 Å². The lowest BCUT2D eigenvalue weighted by molar-refractivity contribution is -0.137. The summed E-state index contributed by atoms with van der Waals surface area (Å²) in [5.74, 6) is 0. The number of halogens is 3.